The molecule has 0 bridgehead atoms. The second-order valence-electron chi connectivity index (χ2n) is 3.99. The molecule has 0 aliphatic heterocycles. The zero-order valence-electron chi connectivity index (χ0n) is 9.23. The number of nitrogens with zero attached hydrogens (tertiary/aromatic N) is 3. The van der Waals surface area contributed by atoms with E-state index in [0.29, 0.717) is 5.65 Å². The predicted octanol–water partition coefficient (Wildman–Crippen LogP) is 2.79. The van der Waals surface area contributed by atoms with Gasteiger partial charge < -0.3 is 0 Å². The fourth-order valence-corrected chi connectivity index (χ4v) is 1.77. The van der Waals surface area contributed by atoms with E-state index in [0.717, 1.165) is 16.6 Å². The molecule has 0 spiro atoms. The van der Waals surface area contributed by atoms with Crippen molar-refractivity contribution in [3.63, 3.8) is 0 Å². The van der Waals surface area contributed by atoms with Crippen molar-refractivity contribution in [2.75, 3.05) is 0 Å². The summed E-state index contributed by atoms with van der Waals surface area (Å²) in [5.41, 5.74) is 5.87. The largest absolute Gasteiger partial charge is 0.243 e. The summed E-state index contributed by atoms with van der Waals surface area (Å²) in [6, 6.07) is 7.95. The summed E-state index contributed by atoms with van der Waals surface area (Å²) in [6.07, 6.45) is 1.74. The van der Waals surface area contributed by atoms with Gasteiger partial charge in [0.2, 0.25) is 0 Å². The Bertz CT molecular complexity index is 629. The number of aryl methyl sites for hydroxylation is 2. The third-order valence-electron chi connectivity index (χ3n) is 2.82. The molecule has 0 unspecified atom stereocenters. The van der Waals surface area contributed by atoms with Crippen LogP contribution in [0, 0.1) is 13.8 Å². The first-order valence-electron chi connectivity index (χ1n) is 5.24. The van der Waals surface area contributed by atoms with Gasteiger partial charge in [-0.2, -0.15) is 0 Å². The molecule has 0 saturated heterocycles. The molecule has 0 aliphatic rings. The molecule has 3 heteroatoms. The van der Waals surface area contributed by atoms with Crippen LogP contribution in [0.5, 0.6) is 0 Å². The van der Waals surface area contributed by atoms with Gasteiger partial charge in [0, 0.05) is 6.20 Å². The zero-order chi connectivity index (χ0) is 11.1. The SMILES string of the molecule is Cc1cc2nc3cccnc3nc2cc1C. The van der Waals surface area contributed by atoms with E-state index in [4.69, 9.17) is 0 Å². The minimum Gasteiger partial charge on any atom is -0.243 e. The number of aromatic nitrogens is 3. The van der Waals surface area contributed by atoms with Gasteiger partial charge in [0.1, 0.15) is 5.52 Å². The van der Waals surface area contributed by atoms with Crippen molar-refractivity contribution in [2.45, 2.75) is 13.8 Å². The van der Waals surface area contributed by atoms with Crippen molar-refractivity contribution in [1.82, 2.24) is 15.0 Å². The van der Waals surface area contributed by atoms with Gasteiger partial charge >= 0.3 is 0 Å². The normalized spacial score (nSPS) is 11.1. The molecule has 0 saturated carbocycles. The standard InChI is InChI=1S/C13H11N3/c1-8-6-11-12(7-9(8)2)16-13-10(15-11)4-3-5-14-13/h3-7H,1-2H3. The molecule has 2 heterocycles. The fourth-order valence-electron chi connectivity index (χ4n) is 1.77. The molecule has 0 aliphatic carbocycles. The van der Waals surface area contributed by atoms with E-state index in [1.54, 1.807) is 6.20 Å². The van der Waals surface area contributed by atoms with Crippen LogP contribution in [0.3, 0.4) is 0 Å². The number of rotatable bonds is 0. The van der Waals surface area contributed by atoms with E-state index in [1.807, 2.05) is 12.1 Å². The van der Waals surface area contributed by atoms with E-state index < -0.39 is 0 Å². The van der Waals surface area contributed by atoms with Gasteiger partial charge in [-0.25, -0.2) is 15.0 Å². The van der Waals surface area contributed by atoms with Crippen LogP contribution in [0.4, 0.5) is 0 Å². The number of fused-ring (bicyclic) bond motifs is 2. The highest BCUT2D eigenvalue weighted by Gasteiger charge is 2.03. The Balaban J connectivity index is 2.46. The summed E-state index contributed by atoms with van der Waals surface area (Å²) in [5.74, 6) is 0. The average molecular weight is 209 g/mol. The van der Waals surface area contributed by atoms with Gasteiger partial charge in [-0.3, -0.25) is 0 Å². The van der Waals surface area contributed by atoms with E-state index >= 15 is 0 Å². The van der Waals surface area contributed by atoms with Crippen molar-refractivity contribution < 1.29 is 0 Å². The van der Waals surface area contributed by atoms with Gasteiger partial charge in [0.15, 0.2) is 5.65 Å². The first kappa shape index (κ1) is 9.21. The quantitative estimate of drug-likeness (QED) is 0.534. The second kappa shape index (κ2) is 3.23. The summed E-state index contributed by atoms with van der Waals surface area (Å²) < 4.78 is 0. The lowest BCUT2D eigenvalue weighted by Crippen LogP contribution is -1.91. The first-order chi connectivity index (χ1) is 7.74. The molecule has 0 N–H and O–H groups in total. The number of benzene rings is 1. The molecule has 0 atom stereocenters. The van der Waals surface area contributed by atoms with Crippen LogP contribution in [-0.2, 0) is 0 Å². The van der Waals surface area contributed by atoms with E-state index in [2.05, 4.69) is 40.9 Å². The monoisotopic (exact) mass is 209 g/mol. The average Bonchev–Trinajstić information content (AvgIpc) is 2.28. The molecule has 3 nitrogen and oxygen atoms in total. The maximum absolute atomic E-state index is 4.55. The van der Waals surface area contributed by atoms with Crippen LogP contribution in [-0.4, -0.2) is 15.0 Å². The van der Waals surface area contributed by atoms with Gasteiger partial charge in [-0.15, -0.1) is 0 Å². The lowest BCUT2D eigenvalue weighted by atomic mass is 10.1. The van der Waals surface area contributed by atoms with Gasteiger partial charge in [-0.05, 0) is 49.2 Å². The molecule has 1 aromatic carbocycles. The molecular weight excluding hydrogens is 198 g/mol. The van der Waals surface area contributed by atoms with Crippen LogP contribution in [0.25, 0.3) is 22.2 Å². The Morgan fingerprint density at radius 3 is 2.31 bits per heavy atom. The molecule has 0 radical (unpaired) electrons. The summed E-state index contributed by atoms with van der Waals surface area (Å²) in [6.45, 7) is 4.17. The molecule has 2 aromatic heterocycles. The van der Waals surface area contributed by atoms with Crippen LogP contribution in [0.1, 0.15) is 11.1 Å². The third-order valence-corrected chi connectivity index (χ3v) is 2.82. The summed E-state index contributed by atoms with van der Waals surface area (Å²) in [7, 11) is 0. The minimum absolute atomic E-state index is 0.707. The molecular formula is C13H11N3. The first-order valence-corrected chi connectivity index (χ1v) is 5.24. The molecule has 3 aromatic rings. The lowest BCUT2D eigenvalue weighted by molar-refractivity contribution is 1.26. The Morgan fingerprint density at radius 2 is 1.56 bits per heavy atom. The maximum Gasteiger partial charge on any atom is 0.178 e. The third kappa shape index (κ3) is 1.33. The molecule has 0 amide bonds. The van der Waals surface area contributed by atoms with Crippen molar-refractivity contribution in [3.8, 4) is 0 Å². The Hall–Kier alpha value is -2.03. The van der Waals surface area contributed by atoms with Crippen LogP contribution in [0.15, 0.2) is 30.5 Å². The van der Waals surface area contributed by atoms with Crippen molar-refractivity contribution in [1.29, 1.82) is 0 Å². The number of pyridine rings is 1. The summed E-state index contributed by atoms with van der Waals surface area (Å²) in [5, 5.41) is 0. The van der Waals surface area contributed by atoms with Gasteiger partial charge in [0.05, 0.1) is 11.0 Å². The van der Waals surface area contributed by atoms with Crippen molar-refractivity contribution in [2.24, 2.45) is 0 Å². The highest BCUT2D eigenvalue weighted by atomic mass is 14.9. The molecule has 0 fully saturated rings. The minimum atomic E-state index is 0.707. The zero-order valence-corrected chi connectivity index (χ0v) is 9.23. The van der Waals surface area contributed by atoms with E-state index in [-0.39, 0.29) is 0 Å². The Kier molecular flexibility index (Phi) is 1.86. The molecule has 3 rings (SSSR count). The predicted molar refractivity (Wildman–Crippen MR) is 64.3 cm³/mol. The van der Waals surface area contributed by atoms with Crippen molar-refractivity contribution in [3.05, 3.63) is 41.6 Å². The highest BCUT2D eigenvalue weighted by molar-refractivity contribution is 5.84. The topological polar surface area (TPSA) is 38.7 Å². The Labute approximate surface area is 93.2 Å². The number of hydrogen-bond acceptors (Lipinski definition) is 3. The van der Waals surface area contributed by atoms with Crippen molar-refractivity contribution >= 4 is 22.2 Å². The lowest BCUT2D eigenvalue weighted by Gasteiger charge is -2.03. The molecule has 78 valence electrons. The van der Waals surface area contributed by atoms with Crippen LogP contribution < -0.4 is 0 Å². The number of hydrogen-bond donors (Lipinski definition) is 0. The smallest absolute Gasteiger partial charge is 0.178 e. The maximum atomic E-state index is 4.55. The molecule has 16 heavy (non-hydrogen) atoms. The van der Waals surface area contributed by atoms with E-state index in [9.17, 15) is 0 Å². The Morgan fingerprint density at radius 1 is 0.875 bits per heavy atom. The van der Waals surface area contributed by atoms with E-state index in [1.165, 1.54) is 11.1 Å². The van der Waals surface area contributed by atoms with Gasteiger partial charge in [0.25, 0.3) is 0 Å². The van der Waals surface area contributed by atoms with Crippen LogP contribution >= 0.6 is 0 Å². The fraction of sp³-hybridized carbons (Fsp3) is 0.154. The summed E-state index contributed by atoms with van der Waals surface area (Å²) >= 11 is 0. The van der Waals surface area contributed by atoms with Crippen LogP contribution in [0.2, 0.25) is 0 Å². The van der Waals surface area contributed by atoms with Gasteiger partial charge in [-0.1, -0.05) is 0 Å². The highest BCUT2D eigenvalue weighted by Crippen LogP contribution is 2.18. The summed E-state index contributed by atoms with van der Waals surface area (Å²) in [4.78, 5) is 13.3. The second-order valence-corrected chi connectivity index (χ2v) is 3.99.